The maximum Gasteiger partial charge on any atom is 0.212 e. The third kappa shape index (κ3) is 15.2. The van der Waals surface area contributed by atoms with Crippen LogP contribution in [-0.4, -0.2) is 0 Å². The van der Waals surface area contributed by atoms with Crippen LogP contribution >= 0.6 is 0 Å². The maximum atomic E-state index is 8.39. The van der Waals surface area contributed by atoms with Crippen molar-refractivity contribution in [1.82, 2.24) is 0 Å². The van der Waals surface area contributed by atoms with Gasteiger partial charge in [0.15, 0.2) is 24.8 Å². The van der Waals surface area contributed by atoms with Gasteiger partial charge in [-0.1, -0.05) is 79.4 Å². The molecule has 0 radical (unpaired) electrons. The minimum Gasteiger partial charge on any atom is -0.201 e. The molecule has 0 aliphatic carbocycles. The van der Waals surface area contributed by atoms with Gasteiger partial charge < -0.3 is 0 Å². The van der Waals surface area contributed by atoms with Crippen molar-refractivity contribution in [1.29, 1.82) is 0 Å². The molecule has 0 amide bonds. The Bertz CT molecular complexity index is 4450. The van der Waals surface area contributed by atoms with E-state index in [1.165, 1.54) is 27.7 Å². The summed E-state index contributed by atoms with van der Waals surface area (Å²) < 4.78 is 223. The molecular weight excluding hydrogens is 933 g/mol. The Balaban J connectivity index is 0.000000252. The molecule has 0 aliphatic heterocycles. The van der Waals surface area contributed by atoms with Crippen LogP contribution in [0.2, 0.25) is 0 Å². The van der Waals surface area contributed by atoms with Gasteiger partial charge in [0.2, 0.25) is 22.8 Å². The molecule has 4 aromatic heterocycles. The lowest BCUT2D eigenvalue weighted by Crippen LogP contribution is -2.31. The molecule has 4 nitrogen and oxygen atoms in total. The largest absolute Gasteiger partial charge is 0.212 e. The monoisotopic (exact) mass is 1060 g/mol. The smallest absolute Gasteiger partial charge is 0.201 e. The molecule has 77 heavy (non-hydrogen) atoms. The summed E-state index contributed by atoms with van der Waals surface area (Å²) in [6.45, 7) is 3.56. The third-order valence-corrected chi connectivity index (χ3v) is 13.9. The van der Waals surface area contributed by atoms with Gasteiger partial charge in [-0.15, -0.1) is 0 Å². The summed E-state index contributed by atoms with van der Waals surface area (Å²) in [4.78, 5) is 0. The van der Waals surface area contributed by atoms with Crippen molar-refractivity contribution in [2.24, 2.45) is 28.2 Å². The molecule has 0 bridgehead atoms. The topological polar surface area (TPSA) is 15.5 Å². The molecule has 0 fully saturated rings. The summed E-state index contributed by atoms with van der Waals surface area (Å²) in [5, 5.41) is 0. The Morgan fingerprint density at radius 1 is 0.312 bits per heavy atom. The molecular formula is C73H98N4+4. The van der Waals surface area contributed by atoms with Gasteiger partial charge in [0.25, 0.3) is 0 Å². The van der Waals surface area contributed by atoms with Crippen LogP contribution < -0.4 is 18.3 Å². The molecule has 4 atom stereocenters. The highest BCUT2D eigenvalue weighted by Crippen LogP contribution is 2.31. The summed E-state index contributed by atoms with van der Waals surface area (Å²) in [6.07, 6.45) is 6.52. The fourth-order valence-electron chi connectivity index (χ4n) is 9.30. The Kier molecular flexibility index (Phi) is 11.0. The van der Waals surface area contributed by atoms with Crippen LogP contribution in [0.5, 0.6) is 0 Å². The van der Waals surface area contributed by atoms with Gasteiger partial charge in [0, 0.05) is 107 Å². The zero-order chi connectivity index (χ0) is 81.2. The molecule has 4 unspecified atom stereocenters. The number of nitrogens with zero attached hydrogens (tertiary/aromatic N) is 4. The highest BCUT2D eigenvalue weighted by molar-refractivity contribution is 5.66. The average molecular weight is 1060 g/mol. The number of benzene rings is 4. The van der Waals surface area contributed by atoms with Crippen molar-refractivity contribution >= 4 is 0 Å². The predicted octanol–water partition coefficient (Wildman–Crippen LogP) is 17.2. The van der Waals surface area contributed by atoms with E-state index in [9.17, 15) is 0 Å². The minimum atomic E-state index is -2.45. The molecule has 406 valence electrons. The van der Waals surface area contributed by atoms with E-state index in [0.29, 0.717) is 61.2 Å². The van der Waals surface area contributed by atoms with Crippen molar-refractivity contribution in [3.8, 4) is 45.0 Å². The number of rotatable bonds is 8. The fraction of sp³-hybridized carbons (Fsp3) is 0.397. The van der Waals surface area contributed by atoms with Crippen molar-refractivity contribution in [3.63, 3.8) is 0 Å². The van der Waals surface area contributed by atoms with E-state index >= 15 is 0 Å². The average Bonchev–Trinajstić information content (AvgIpc) is 0.773. The van der Waals surface area contributed by atoms with Crippen LogP contribution in [0.1, 0.15) is 212 Å². The second-order valence-electron chi connectivity index (χ2n) is 20.5. The van der Waals surface area contributed by atoms with Crippen LogP contribution in [0, 0.1) is 89.7 Å². The lowest BCUT2D eigenvalue weighted by atomic mass is 9.91. The lowest BCUT2D eigenvalue weighted by molar-refractivity contribution is -0.661. The fourth-order valence-corrected chi connectivity index (χ4v) is 9.30. The molecule has 8 aromatic rings. The number of hydrogen-bond donors (Lipinski definition) is 0. The quantitative estimate of drug-likeness (QED) is 0.135. The van der Waals surface area contributed by atoms with Crippen LogP contribution in [0.4, 0.5) is 0 Å². The second kappa shape index (κ2) is 26.2. The van der Waals surface area contributed by atoms with Crippen molar-refractivity contribution in [3.05, 3.63) is 210 Å². The number of aryl methyl sites for hydroxylation is 17. The van der Waals surface area contributed by atoms with E-state index in [-0.39, 0.29) is 5.56 Å². The third-order valence-electron chi connectivity index (χ3n) is 13.9. The van der Waals surface area contributed by atoms with Gasteiger partial charge in [0.1, 0.15) is 28.2 Å². The van der Waals surface area contributed by atoms with E-state index < -0.39 is 78.4 Å². The number of pyridine rings is 4. The lowest BCUT2D eigenvalue weighted by Gasteiger charge is -2.14. The van der Waals surface area contributed by atoms with Crippen LogP contribution in [0.3, 0.4) is 0 Å². The molecule has 0 saturated carbocycles. The van der Waals surface area contributed by atoms with Gasteiger partial charge in [-0.2, -0.15) is 0 Å². The Morgan fingerprint density at radius 3 is 1.04 bits per heavy atom. The first-order chi connectivity index (χ1) is 47.0. The normalized spacial score (nSPS) is 20.8. The maximum absolute atomic E-state index is 8.39. The molecule has 4 aromatic carbocycles. The van der Waals surface area contributed by atoms with Crippen molar-refractivity contribution < 1.29 is 56.6 Å². The second-order valence-corrected chi connectivity index (χ2v) is 20.5. The first kappa shape index (κ1) is 32.4. The summed E-state index contributed by atoms with van der Waals surface area (Å²) in [7, 11) is 7.16. The highest BCUT2D eigenvalue weighted by Gasteiger charge is 2.20. The summed E-state index contributed by atoms with van der Waals surface area (Å²) in [6, 6.07) is 26.4. The zero-order valence-corrected chi connectivity index (χ0v) is 48.3. The molecule has 0 saturated heterocycles. The highest BCUT2D eigenvalue weighted by atomic mass is 14.9. The van der Waals surface area contributed by atoms with Crippen LogP contribution in [0.15, 0.2) is 116 Å². The summed E-state index contributed by atoms with van der Waals surface area (Å²) >= 11 is 0. The molecule has 8 rings (SSSR count). The first-order valence-corrected chi connectivity index (χ1v) is 25.5. The van der Waals surface area contributed by atoms with Gasteiger partial charge >= 0.3 is 0 Å². The minimum absolute atomic E-state index is 0.260. The SMILES string of the molecule is [2H]C([2H])([2H])C([2H])(C)c1ccc(-c2cc(C)c(C([2H])(C)C([2H])([2H])[2H])cc2C)[n+](C)c1.[2H]C([2H])([2H])c1cc(C)c(-c2cc(C)c(C([2H])([2H])[2H])c[n+]2C)cc1C.[2H]C([2H])([2H])c1cc(C)c(-c2ccc(C([2H])(C)C([2H])([2H])[2H])c[n+]2C)cc1C.[2H]C([2H])([2H])c1ccc(-c2cc(C)c(C([2H])(C)C([2H])([2H])[2H])cc2C)[n+](C)c1. The van der Waals surface area contributed by atoms with Crippen molar-refractivity contribution in [2.75, 3.05) is 0 Å². The van der Waals surface area contributed by atoms with Gasteiger partial charge in [-0.05, 0) is 228 Å². The van der Waals surface area contributed by atoms with E-state index in [4.69, 9.17) is 38.4 Å². The van der Waals surface area contributed by atoms with Crippen LogP contribution in [0.25, 0.3) is 45.0 Å². The molecule has 4 heterocycles. The molecule has 0 aliphatic rings. The summed E-state index contributed by atoms with van der Waals surface area (Å²) in [5.41, 5.74) is 16.7. The van der Waals surface area contributed by atoms with Gasteiger partial charge in [-0.3, -0.25) is 0 Å². The Hall–Kier alpha value is -6.52. The van der Waals surface area contributed by atoms with Gasteiger partial charge in [-0.25, -0.2) is 18.3 Å². The Morgan fingerprint density at radius 2 is 0.662 bits per heavy atom. The standard InChI is InChI=1S/C20H28N.2C18H24N.C17H22N/c1-13(2)17-8-9-20(21(7)12-17)19-11-15(5)18(14(3)4)10-16(19)6;1-12(2)16-7-8-18(19(6)11-16)17-10-14(4)13(3)9-15(17)5;1-12(2)16-9-15(5)17(10-14(16)4)18-8-7-13(3)11-19(18)6;1-11-7-14(4)16(8-12(11)2)17-9-13(3)15(5)10-18(17)6/h8-14H,1-7H3;2*7-12H,1-6H3;7-10H,1-6H3/q4*+1/i1D3,3D3,13D,14D;2*1D3,3D3,12D;1D3,5D3. The predicted molar refractivity (Wildman–Crippen MR) is 330 cm³/mol. The van der Waals surface area contributed by atoms with Crippen LogP contribution in [-0.2, 0) is 28.2 Å². The zero-order valence-electron chi connectivity index (χ0n) is 76.3. The van der Waals surface area contributed by atoms with E-state index in [1.807, 2.05) is 58.0 Å². The molecule has 0 spiro atoms. The van der Waals surface area contributed by atoms with E-state index in [1.54, 1.807) is 167 Å². The molecule has 0 N–H and O–H groups in total. The van der Waals surface area contributed by atoms with E-state index in [2.05, 4.69) is 0 Å². The van der Waals surface area contributed by atoms with Gasteiger partial charge in [0.05, 0.1) is 0 Å². The van der Waals surface area contributed by atoms with E-state index in [0.717, 1.165) is 72.8 Å². The summed E-state index contributed by atoms with van der Waals surface area (Å²) in [5.74, 6) is -6.86. The van der Waals surface area contributed by atoms with Crippen molar-refractivity contribution in [2.45, 2.75) is 168 Å². The Labute approximate surface area is 507 Å². The first-order valence-electron chi connectivity index (χ1n) is 39.5. The molecule has 4 heteroatoms. The number of aromatic nitrogens is 4. The number of hydrogen-bond acceptors (Lipinski definition) is 0.